The van der Waals surface area contributed by atoms with Crippen LogP contribution >= 0.6 is 24.0 Å². The van der Waals surface area contributed by atoms with Crippen molar-refractivity contribution in [3.8, 4) is 0 Å². The molecule has 3 rings (SSSR count). The minimum absolute atomic E-state index is 0. The van der Waals surface area contributed by atoms with E-state index in [-0.39, 0.29) is 35.2 Å². The maximum atomic E-state index is 14.1. The van der Waals surface area contributed by atoms with Gasteiger partial charge in [-0.05, 0) is 43.7 Å². The molecule has 27 heavy (non-hydrogen) atoms. The molecule has 0 aromatic heterocycles. The van der Waals surface area contributed by atoms with Crippen LogP contribution in [0.25, 0.3) is 0 Å². The van der Waals surface area contributed by atoms with Gasteiger partial charge in [0.2, 0.25) is 0 Å². The van der Waals surface area contributed by atoms with Crippen LogP contribution < -0.4 is 10.6 Å². The summed E-state index contributed by atoms with van der Waals surface area (Å²) in [7, 11) is 1.76. The second-order valence-electron chi connectivity index (χ2n) is 7.15. The van der Waals surface area contributed by atoms with Crippen LogP contribution in [0.2, 0.25) is 0 Å². The molecule has 0 unspecified atom stereocenters. The summed E-state index contributed by atoms with van der Waals surface area (Å²) in [6.45, 7) is 3.86. The standard InChI is InChI=1S/C20H30FN3O2.HI/c1-22-19(23-11-4-12-26-16-7-13-25-14-8-16)24-15-20(9-10-20)17-5-2-3-6-18(17)21;/h2-3,5-6,16H,4,7-15H2,1H3,(H2,22,23,24);1H. The fourth-order valence-electron chi connectivity index (χ4n) is 3.43. The van der Waals surface area contributed by atoms with E-state index in [1.807, 2.05) is 12.1 Å². The lowest BCUT2D eigenvalue weighted by Crippen LogP contribution is -2.42. The van der Waals surface area contributed by atoms with E-state index in [9.17, 15) is 4.39 Å². The molecule has 2 fully saturated rings. The Hall–Kier alpha value is -0.930. The molecule has 1 aromatic carbocycles. The molecule has 0 radical (unpaired) electrons. The lowest BCUT2D eigenvalue weighted by molar-refractivity contribution is -0.0320. The van der Waals surface area contributed by atoms with Gasteiger partial charge in [0.25, 0.3) is 0 Å². The van der Waals surface area contributed by atoms with Gasteiger partial charge in [0.1, 0.15) is 5.82 Å². The molecule has 1 aliphatic carbocycles. The summed E-state index contributed by atoms with van der Waals surface area (Å²) < 4.78 is 25.3. The molecule has 5 nitrogen and oxygen atoms in total. The van der Waals surface area contributed by atoms with Gasteiger partial charge in [-0.25, -0.2) is 4.39 Å². The van der Waals surface area contributed by atoms with Gasteiger partial charge in [-0.3, -0.25) is 4.99 Å². The van der Waals surface area contributed by atoms with E-state index in [1.54, 1.807) is 19.2 Å². The van der Waals surface area contributed by atoms with E-state index in [4.69, 9.17) is 9.47 Å². The number of halogens is 2. The Morgan fingerprint density at radius 2 is 2.00 bits per heavy atom. The van der Waals surface area contributed by atoms with Crippen molar-refractivity contribution in [1.29, 1.82) is 0 Å². The highest BCUT2D eigenvalue weighted by Crippen LogP contribution is 2.48. The summed E-state index contributed by atoms with van der Waals surface area (Å²) >= 11 is 0. The average Bonchev–Trinajstić information content (AvgIpc) is 3.46. The third kappa shape index (κ3) is 6.57. The summed E-state index contributed by atoms with van der Waals surface area (Å²) in [6, 6.07) is 7.09. The van der Waals surface area contributed by atoms with Gasteiger partial charge in [-0.15, -0.1) is 24.0 Å². The normalized spacial score (nSPS) is 19.3. The van der Waals surface area contributed by atoms with E-state index >= 15 is 0 Å². The number of guanidine groups is 1. The van der Waals surface area contributed by atoms with Crippen LogP contribution in [0, 0.1) is 5.82 Å². The van der Waals surface area contributed by atoms with E-state index in [1.165, 1.54) is 0 Å². The van der Waals surface area contributed by atoms with E-state index in [0.29, 0.717) is 12.6 Å². The van der Waals surface area contributed by atoms with Crippen molar-refractivity contribution < 1.29 is 13.9 Å². The van der Waals surface area contributed by atoms with Gasteiger partial charge < -0.3 is 20.1 Å². The number of hydrogen-bond donors (Lipinski definition) is 2. The molecule has 1 heterocycles. The predicted octanol–water partition coefficient (Wildman–Crippen LogP) is 3.23. The molecule has 2 N–H and O–H groups in total. The first-order valence-electron chi connectivity index (χ1n) is 9.62. The zero-order chi connectivity index (χ0) is 18.2. The molecule has 2 aliphatic rings. The summed E-state index contributed by atoms with van der Waals surface area (Å²) in [4.78, 5) is 4.27. The van der Waals surface area contributed by atoms with Gasteiger partial charge in [0.15, 0.2) is 5.96 Å². The maximum absolute atomic E-state index is 14.1. The van der Waals surface area contributed by atoms with Crippen molar-refractivity contribution in [1.82, 2.24) is 10.6 Å². The lowest BCUT2D eigenvalue weighted by atomic mass is 9.95. The zero-order valence-electron chi connectivity index (χ0n) is 16.0. The van der Waals surface area contributed by atoms with E-state index in [0.717, 1.165) is 70.0 Å². The van der Waals surface area contributed by atoms with E-state index < -0.39 is 0 Å². The Morgan fingerprint density at radius 1 is 1.26 bits per heavy atom. The van der Waals surface area contributed by atoms with Gasteiger partial charge in [0.05, 0.1) is 6.10 Å². The highest BCUT2D eigenvalue weighted by atomic mass is 127. The Morgan fingerprint density at radius 3 is 2.67 bits per heavy atom. The van der Waals surface area contributed by atoms with Crippen LogP contribution in [0.1, 0.15) is 37.7 Å². The Kier molecular flexibility index (Phi) is 9.25. The summed E-state index contributed by atoms with van der Waals surface area (Å²) in [5, 5.41) is 6.67. The van der Waals surface area contributed by atoms with Crippen molar-refractivity contribution >= 4 is 29.9 Å². The molecule has 1 saturated carbocycles. The molecule has 0 spiro atoms. The molecule has 0 amide bonds. The number of rotatable bonds is 8. The largest absolute Gasteiger partial charge is 0.381 e. The molecule has 1 aromatic rings. The molecular formula is C20H31FIN3O2. The molecular weight excluding hydrogens is 460 g/mol. The van der Waals surface area contributed by atoms with Gasteiger partial charge in [0, 0.05) is 45.4 Å². The second-order valence-corrected chi connectivity index (χ2v) is 7.15. The fraction of sp³-hybridized carbons (Fsp3) is 0.650. The van der Waals surface area contributed by atoms with Gasteiger partial charge >= 0.3 is 0 Å². The zero-order valence-corrected chi connectivity index (χ0v) is 18.3. The smallest absolute Gasteiger partial charge is 0.191 e. The van der Waals surface area contributed by atoms with Crippen LogP contribution in [0.4, 0.5) is 4.39 Å². The Bertz CT molecular complexity index is 605. The first kappa shape index (κ1) is 22.4. The molecule has 0 atom stereocenters. The molecule has 152 valence electrons. The van der Waals surface area contributed by atoms with Crippen molar-refractivity contribution in [3.05, 3.63) is 35.6 Å². The Balaban J connectivity index is 0.00000261. The number of aliphatic imine (C=N–C) groups is 1. The highest BCUT2D eigenvalue weighted by molar-refractivity contribution is 14.0. The van der Waals surface area contributed by atoms with Crippen molar-refractivity contribution in [2.24, 2.45) is 4.99 Å². The second kappa shape index (κ2) is 11.2. The molecule has 1 aliphatic heterocycles. The Labute approximate surface area is 178 Å². The van der Waals surface area contributed by atoms with Crippen molar-refractivity contribution in [2.45, 2.75) is 43.6 Å². The molecule has 7 heteroatoms. The van der Waals surface area contributed by atoms with Crippen LogP contribution in [0.5, 0.6) is 0 Å². The minimum Gasteiger partial charge on any atom is -0.381 e. The molecule has 1 saturated heterocycles. The van der Waals surface area contributed by atoms with Crippen molar-refractivity contribution in [2.75, 3.05) is 40.0 Å². The highest BCUT2D eigenvalue weighted by Gasteiger charge is 2.45. The van der Waals surface area contributed by atoms with Crippen molar-refractivity contribution in [3.63, 3.8) is 0 Å². The quantitative estimate of drug-likeness (QED) is 0.254. The van der Waals surface area contributed by atoms with Gasteiger partial charge in [-0.1, -0.05) is 18.2 Å². The topological polar surface area (TPSA) is 54.9 Å². The van der Waals surface area contributed by atoms with Crippen LogP contribution in [-0.4, -0.2) is 52.0 Å². The predicted molar refractivity (Wildman–Crippen MR) is 117 cm³/mol. The van der Waals surface area contributed by atoms with Gasteiger partial charge in [-0.2, -0.15) is 0 Å². The van der Waals surface area contributed by atoms with Crippen LogP contribution in [0.3, 0.4) is 0 Å². The molecule has 0 bridgehead atoms. The third-order valence-corrected chi connectivity index (χ3v) is 5.25. The fourth-order valence-corrected chi connectivity index (χ4v) is 3.43. The first-order chi connectivity index (χ1) is 12.7. The van der Waals surface area contributed by atoms with Crippen LogP contribution in [-0.2, 0) is 14.9 Å². The number of benzene rings is 1. The number of hydrogen-bond acceptors (Lipinski definition) is 3. The average molecular weight is 491 g/mol. The number of nitrogens with zero attached hydrogens (tertiary/aromatic N) is 1. The number of ether oxygens (including phenoxy) is 2. The lowest BCUT2D eigenvalue weighted by Gasteiger charge is -2.22. The maximum Gasteiger partial charge on any atom is 0.191 e. The minimum atomic E-state index is -0.111. The van der Waals surface area contributed by atoms with E-state index in [2.05, 4.69) is 15.6 Å². The number of nitrogens with one attached hydrogen (secondary N) is 2. The SMILES string of the molecule is CN=C(NCCCOC1CCOCC1)NCC1(c2ccccc2F)CC1.I. The first-order valence-corrected chi connectivity index (χ1v) is 9.62. The third-order valence-electron chi connectivity index (χ3n) is 5.25. The van der Waals surface area contributed by atoms with Crippen LogP contribution in [0.15, 0.2) is 29.3 Å². The summed E-state index contributed by atoms with van der Waals surface area (Å²) in [6.07, 6.45) is 5.28. The monoisotopic (exact) mass is 491 g/mol. The summed E-state index contributed by atoms with van der Waals surface area (Å²) in [5.74, 6) is 0.652. The summed E-state index contributed by atoms with van der Waals surface area (Å²) in [5.41, 5.74) is 0.725.